The molecule has 0 saturated heterocycles. The van der Waals surface area contributed by atoms with Crippen LogP contribution in [0.1, 0.15) is 24.5 Å². The third-order valence-corrected chi connectivity index (χ3v) is 2.43. The molecule has 0 aliphatic heterocycles. The minimum Gasteiger partial charge on any atom is -0.491 e. The molecular formula is C13H20N2O3. The maximum absolute atomic E-state index is 8.62. The largest absolute Gasteiger partial charge is 0.491 e. The van der Waals surface area contributed by atoms with E-state index in [1.54, 1.807) is 12.1 Å². The first-order chi connectivity index (χ1) is 8.69. The van der Waals surface area contributed by atoms with Crippen LogP contribution < -0.4 is 10.5 Å². The standard InChI is InChI=1S/C13H20N2O3/c1-3-6-17-7-8-18-12-9-11(13(14)15-16)5-4-10(12)2/h4-5,9,16H,3,6-8H2,1-2H3,(H2,14,15). The van der Waals surface area contributed by atoms with Gasteiger partial charge in [-0.2, -0.15) is 0 Å². The molecule has 0 spiro atoms. The topological polar surface area (TPSA) is 77.1 Å². The summed E-state index contributed by atoms with van der Waals surface area (Å²) in [6, 6.07) is 5.41. The number of oxime groups is 1. The Labute approximate surface area is 107 Å². The van der Waals surface area contributed by atoms with E-state index in [9.17, 15) is 0 Å². The lowest BCUT2D eigenvalue weighted by Gasteiger charge is -2.10. The third kappa shape index (κ3) is 4.25. The smallest absolute Gasteiger partial charge is 0.170 e. The summed E-state index contributed by atoms with van der Waals surface area (Å²) in [7, 11) is 0. The van der Waals surface area contributed by atoms with Gasteiger partial charge in [0.15, 0.2) is 5.84 Å². The van der Waals surface area contributed by atoms with Crippen molar-refractivity contribution in [2.24, 2.45) is 10.9 Å². The monoisotopic (exact) mass is 252 g/mol. The van der Waals surface area contributed by atoms with Crippen LogP contribution in [0, 0.1) is 6.92 Å². The van der Waals surface area contributed by atoms with Crippen LogP contribution in [0.2, 0.25) is 0 Å². The Hall–Kier alpha value is -1.75. The summed E-state index contributed by atoms with van der Waals surface area (Å²) in [5.74, 6) is 0.793. The van der Waals surface area contributed by atoms with Gasteiger partial charge >= 0.3 is 0 Å². The maximum Gasteiger partial charge on any atom is 0.170 e. The summed E-state index contributed by atoms with van der Waals surface area (Å²) in [4.78, 5) is 0. The molecule has 0 amide bonds. The minimum absolute atomic E-state index is 0.0714. The van der Waals surface area contributed by atoms with Crippen LogP contribution in [0.15, 0.2) is 23.4 Å². The predicted octanol–water partition coefficient (Wildman–Crippen LogP) is 1.89. The molecule has 5 nitrogen and oxygen atoms in total. The number of ether oxygens (including phenoxy) is 2. The number of nitrogens with two attached hydrogens (primary N) is 1. The van der Waals surface area contributed by atoms with Gasteiger partial charge in [0.1, 0.15) is 12.4 Å². The lowest BCUT2D eigenvalue weighted by Crippen LogP contribution is -2.14. The van der Waals surface area contributed by atoms with Crippen LogP contribution >= 0.6 is 0 Å². The van der Waals surface area contributed by atoms with Crippen LogP contribution in [0.3, 0.4) is 0 Å². The Bertz CT molecular complexity index is 405. The number of rotatable bonds is 7. The molecule has 1 rings (SSSR count). The molecule has 3 N–H and O–H groups in total. The summed E-state index contributed by atoms with van der Waals surface area (Å²) in [5.41, 5.74) is 7.16. The maximum atomic E-state index is 8.62. The van der Waals surface area contributed by atoms with Crippen molar-refractivity contribution in [3.63, 3.8) is 0 Å². The van der Waals surface area contributed by atoms with Gasteiger partial charge in [0.05, 0.1) is 6.61 Å². The number of aryl methyl sites for hydroxylation is 1. The predicted molar refractivity (Wildman–Crippen MR) is 70.3 cm³/mol. The fourth-order valence-electron chi connectivity index (χ4n) is 1.43. The highest BCUT2D eigenvalue weighted by atomic mass is 16.5. The van der Waals surface area contributed by atoms with Gasteiger partial charge in [-0.1, -0.05) is 24.2 Å². The molecule has 5 heteroatoms. The van der Waals surface area contributed by atoms with Crippen LogP contribution in [-0.4, -0.2) is 30.9 Å². The van der Waals surface area contributed by atoms with Gasteiger partial charge < -0.3 is 20.4 Å². The first kappa shape index (κ1) is 14.3. The molecule has 100 valence electrons. The van der Waals surface area contributed by atoms with Crippen molar-refractivity contribution in [1.29, 1.82) is 0 Å². The Morgan fingerprint density at radius 2 is 2.11 bits per heavy atom. The van der Waals surface area contributed by atoms with E-state index in [1.807, 2.05) is 13.0 Å². The van der Waals surface area contributed by atoms with Crippen molar-refractivity contribution in [3.05, 3.63) is 29.3 Å². The van der Waals surface area contributed by atoms with Crippen molar-refractivity contribution < 1.29 is 14.7 Å². The fraction of sp³-hybridized carbons (Fsp3) is 0.462. The van der Waals surface area contributed by atoms with Crippen LogP contribution in [0.5, 0.6) is 5.75 Å². The summed E-state index contributed by atoms with van der Waals surface area (Å²) in [6.07, 6.45) is 0.998. The zero-order chi connectivity index (χ0) is 13.4. The van der Waals surface area contributed by atoms with Crippen LogP contribution in [0.4, 0.5) is 0 Å². The molecule has 0 aromatic heterocycles. The summed E-state index contributed by atoms with van der Waals surface area (Å²) in [6.45, 7) is 5.79. The number of nitrogens with zero attached hydrogens (tertiary/aromatic N) is 1. The van der Waals surface area contributed by atoms with Gasteiger partial charge in [-0.15, -0.1) is 0 Å². The van der Waals surface area contributed by atoms with E-state index in [0.29, 0.717) is 18.8 Å². The second-order valence-electron chi connectivity index (χ2n) is 3.93. The summed E-state index contributed by atoms with van der Waals surface area (Å²) < 4.78 is 10.9. The van der Waals surface area contributed by atoms with E-state index in [0.717, 1.165) is 24.3 Å². The van der Waals surface area contributed by atoms with E-state index >= 15 is 0 Å². The van der Waals surface area contributed by atoms with Crippen molar-refractivity contribution in [3.8, 4) is 5.75 Å². The van der Waals surface area contributed by atoms with Gasteiger partial charge in [-0.3, -0.25) is 0 Å². The first-order valence-corrected chi connectivity index (χ1v) is 5.98. The van der Waals surface area contributed by atoms with Crippen molar-refractivity contribution in [2.45, 2.75) is 20.3 Å². The minimum atomic E-state index is 0.0714. The Balaban J connectivity index is 2.59. The average molecular weight is 252 g/mol. The normalized spacial score (nSPS) is 11.6. The molecule has 0 bridgehead atoms. The average Bonchev–Trinajstić information content (AvgIpc) is 2.39. The Morgan fingerprint density at radius 3 is 2.78 bits per heavy atom. The molecule has 0 aliphatic carbocycles. The van der Waals surface area contributed by atoms with Crippen molar-refractivity contribution in [1.82, 2.24) is 0 Å². The fourth-order valence-corrected chi connectivity index (χ4v) is 1.43. The highest BCUT2D eigenvalue weighted by Gasteiger charge is 2.05. The van der Waals surface area contributed by atoms with E-state index in [2.05, 4.69) is 12.1 Å². The number of amidine groups is 1. The molecule has 18 heavy (non-hydrogen) atoms. The Kier molecular flexibility index (Phi) is 6.00. The molecule has 0 atom stereocenters. The molecule has 0 saturated carbocycles. The lowest BCUT2D eigenvalue weighted by molar-refractivity contribution is 0.100. The highest BCUT2D eigenvalue weighted by molar-refractivity contribution is 5.97. The van der Waals surface area contributed by atoms with Gasteiger partial charge in [0.2, 0.25) is 0 Å². The van der Waals surface area contributed by atoms with Gasteiger partial charge in [-0.25, -0.2) is 0 Å². The highest BCUT2D eigenvalue weighted by Crippen LogP contribution is 2.19. The zero-order valence-electron chi connectivity index (χ0n) is 10.8. The molecule has 0 heterocycles. The van der Waals surface area contributed by atoms with Crippen molar-refractivity contribution >= 4 is 5.84 Å². The van der Waals surface area contributed by atoms with Gasteiger partial charge in [0, 0.05) is 12.2 Å². The van der Waals surface area contributed by atoms with Crippen LogP contribution in [-0.2, 0) is 4.74 Å². The molecule has 0 fully saturated rings. The van der Waals surface area contributed by atoms with E-state index in [1.165, 1.54) is 0 Å². The van der Waals surface area contributed by atoms with Crippen LogP contribution in [0.25, 0.3) is 0 Å². The number of hydrogen-bond acceptors (Lipinski definition) is 4. The van der Waals surface area contributed by atoms with E-state index in [-0.39, 0.29) is 5.84 Å². The number of benzene rings is 1. The summed E-state index contributed by atoms with van der Waals surface area (Å²) >= 11 is 0. The lowest BCUT2D eigenvalue weighted by atomic mass is 10.1. The molecule has 1 aromatic rings. The molecule has 1 aromatic carbocycles. The van der Waals surface area contributed by atoms with E-state index in [4.69, 9.17) is 20.4 Å². The Morgan fingerprint density at radius 1 is 1.33 bits per heavy atom. The second-order valence-corrected chi connectivity index (χ2v) is 3.93. The first-order valence-electron chi connectivity index (χ1n) is 5.98. The molecule has 0 unspecified atom stereocenters. The zero-order valence-corrected chi connectivity index (χ0v) is 10.8. The third-order valence-electron chi connectivity index (χ3n) is 2.43. The number of hydrogen-bond donors (Lipinski definition) is 2. The van der Waals surface area contributed by atoms with Crippen molar-refractivity contribution in [2.75, 3.05) is 19.8 Å². The summed E-state index contributed by atoms with van der Waals surface area (Å²) in [5, 5.41) is 11.6. The SMILES string of the molecule is CCCOCCOc1cc(/C(N)=N/O)ccc1C. The molecule has 0 radical (unpaired) electrons. The van der Waals surface area contributed by atoms with E-state index < -0.39 is 0 Å². The molecule has 0 aliphatic rings. The molecular weight excluding hydrogens is 232 g/mol. The second kappa shape index (κ2) is 7.55. The quantitative estimate of drug-likeness (QED) is 0.255. The van der Waals surface area contributed by atoms with Gasteiger partial charge in [-0.05, 0) is 25.0 Å². The van der Waals surface area contributed by atoms with Gasteiger partial charge in [0.25, 0.3) is 0 Å².